The van der Waals surface area contributed by atoms with Crippen LogP contribution in [0.4, 0.5) is 0 Å². The Kier molecular flexibility index (Phi) is 24.9. The molecule has 0 aliphatic heterocycles. The molecule has 0 saturated carbocycles. The summed E-state index contributed by atoms with van der Waals surface area (Å²) in [6.07, 6.45) is 34.1. The first-order valence-corrected chi connectivity index (χ1v) is 14.1. The molecular weight excluding hydrogens is 436 g/mol. The van der Waals surface area contributed by atoms with Crippen LogP contribution in [0.25, 0.3) is 0 Å². The molecule has 1 unspecified atom stereocenters. The Labute approximate surface area is 215 Å². The molecule has 200 valence electrons. The van der Waals surface area contributed by atoms with Gasteiger partial charge < -0.3 is 9.84 Å². The lowest BCUT2D eigenvalue weighted by Crippen LogP contribution is -2.18. The van der Waals surface area contributed by atoms with Gasteiger partial charge in [0.05, 0.1) is 0 Å². The van der Waals surface area contributed by atoms with E-state index in [0.29, 0.717) is 6.42 Å². The minimum Gasteiger partial charge on any atom is -0.481 e. The molecule has 0 saturated heterocycles. The van der Waals surface area contributed by atoms with E-state index < -0.39 is 5.97 Å². The highest BCUT2D eigenvalue weighted by Gasteiger charge is 2.14. The van der Waals surface area contributed by atoms with Crippen LogP contribution in [0.5, 0.6) is 0 Å². The summed E-state index contributed by atoms with van der Waals surface area (Å²) in [5.41, 5.74) is 0. The third-order valence-corrected chi connectivity index (χ3v) is 5.83. The van der Waals surface area contributed by atoms with Gasteiger partial charge in [-0.25, -0.2) is 0 Å². The van der Waals surface area contributed by atoms with Crippen molar-refractivity contribution in [3.63, 3.8) is 0 Å². The molecule has 4 nitrogen and oxygen atoms in total. The number of carbonyl (C=O) groups is 2. The molecule has 0 radical (unpaired) electrons. The number of carboxylic acid groups (broad SMARTS) is 1. The normalized spacial score (nSPS) is 13.0. The van der Waals surface area contributed by atoms with Crippen molar-refractivity contribution in [3.05, 3.63) is 48.6 Å². The molecule has 0 aliphatic carbocycles. The number of aliphatic carboxylic acids is 1. The molecule has 0 aromatic carbocycles. The molecule has 1 N–H and O–H groups in total. The number of carbonyl (C=O) groups excluding carboxylic acids is 1. The lowest BCUT2D eigenvalue weighted by atomic mass is 10.0. The smallest absolute Gasteiger partial charge is 0.306 e. The van der Waals surface area contributed by atoms with E-state index in [1.165, 1.54) is 25.7 Å². The first-order valence-electron chi connectivity index (χ1n) is 14.1. The monoisotopic (exact) mass is 488 g/mol. The second-order valence-corrected chi connectivity index (χ2v) is 9.20. The van der Waals surface area contributed by atoms with Crippen LogP contribution < -0.4 is 0 Å². The topological polar surface area (TPSA) is 63.6 Å². The summed E-state index contributed by atoms with van der Waals surface area (Å²) in [6.45, 7) is 4.36. The molecule has 0 heterocycles. The third-order valence-electron chi connectivity index (χ3n) is 5.83. The van der Waals surface area contributed by atoms with E-state index in [4.69, 9.17) is 9.84 Å². The second kappa shape index (κ2) is 26.5. The van der Waals surface area contributed by atoms with Gasteiger partial charge in [0.15, 0.2) is 0 Å². The van der Waals surface area contributed by atoms with Crippen LogP contribution in [0.2, 0.25) is 0 Å². The van der Waals surface area contributed by atoms with Crippen LogP contribution in [0, 0.1) is 0 Å². The predicted octanol–water partition coefficient (Wildman–Crippen LogP) is 9.27. The van der Waals surface area contributed by atoms with Gasteiger partial charge in [-0.2, -0.15) is 0 Å². The van der Waals surface area contributed by atoms with E-state index >= 15 is 0 Å². The van der Waals surface area contributed by atoms with Gasteiger partial charge in [-0.1, -0.05) is 101 Å². The fourth-order valence-corrected chi connectivity index (χ4v) is 3.78. The number of rotatable bonds is 24. The predicted molar refractivity (Wildman–Crippen MR) is 149 cm³/mol. The van der Waals surface area contributed by atoms with Crippen LogP contribution in [-0.2, 0) is 14.3 Å². The fraction of sp³-hybridized carbons (Fsp3) is 0.677. The van der Waals surface area contributed by atoms with Crippen LogP contribution in [0.15, 0.2) is 48.6 Å². The van der Waals surface area contributed by atoms with Crippen LogP contribution in [0.1, 0.15) is 129 Å². The summed E-state index contributed by atoms with van der Waals surface area (Å²) in [5, 5.41) is 8.74. The number of unbranched alkanes of at least 4 members (excludes halogenated alkanes) is 7. The molecule has 0 spiro atoms. The Bertz CT molecular complexity index is 615. The van der Waals surface area contributed by atoms with Crippen molar-refractivity contribution >= 4 is 11.9 Å². The van der Waals surface area contributed by atoms with Crippen molar-refractivity contribution in [1.82, 2.24) is 0 Å². The number of allylic oxidation sites excluding steroid dienone is 8. The summed E-state index contributed by atoms with van der Waals surface area (Å²) >= 11 is 0. The van der Waals surface area contributed by atoms with E-state index in [2.05, 4.69) is 62.5 Å². The molecule has 0 bridgehead atoms. The summed E-state index contributed by atoms with van der Waals surface area (Å²) in [4.78, 5) is 23.0. The van der Waals surface area contributed by atoms with E-state index in [-0.39, 0.29) is 18.5 Å². The van der Waals surface area contributed by atoms with Gasteiger partial charge in [-0.05, 0) is 64.2 Å². The first-order chi connectivity index (χ1) is 17.1. The SMILES string of the molecule is CC/C=C\C/C=C\C/C=C\C/C=C\CCC(=O)OC(CCCCCCC)CCCCCCC(=O)O. The molecule has 0 aromatic rings. The van der Waals surface area contributed by atoms with Crippen molar-refractivity contribution in [2.75, 3.05) is 0 Å². The number of ether oxygens (including phenoxy) is 1. The number of carboxylic acids is 1. The van der Waals surface area contributed by atoms with Gasteiger partial charge in [0, 0.05) is 12.8 Å². The minimum atomic E-state index is -0.725. The summed E-state index contributed by atoms with van der Waals surface area (Å²) in [7, 11) is 0. The molecule has 35 heavy (non-hydrogen) atoms. The zero-order chi connectivity index (χ0) is 25.8. The third kappa shape index (κ3) is 26.3. The van der Waals surface area contributed by atoms with Gasteiger partial charge >= 0.3 is 11.9 Å². The highest BCUT2D eigenvalue weighted by molar-refractivity contribution is 5.69. The lowest BCUT2D eigenvalue weighted by molar-refractivity contribution is -0.149. The molecule has 0 aromatic heterocycles. The minimum absolute atomic E-state index is 0.000955. The van der Waals surface area contributed by atoms with Crippen molar-refractivity contribution in [3.8, 4) is 0 Å². The average molecular weight is 489 g/mol. The molecule has 0 fully saturated rings. The summed E-state index contributed by atoms with van der Waals surface area (Å²) < 4.78 is 5.82. The molecule has 0 rings (SSSR count). The van der Waals surface area contributed by atoms with E-state index in [1.807, 2.05) is 0 Å². The van der Waals surface area contributed by atoms with Crippen molar-refractivity contribution in [2.45, 2.75) is 136 Å². The second-order valence-electron chi connectivity index (χ2n) is 9.20. The van der Waals surface area contributed by atoms with E-state index in [0.717, 1.165) is 77.0 Å². The molecule has 1 atom stereocenters. The Hall–Kier alpha value is -2.10. The first kappa shape index (κ1) is 32.9. The van der Waals surface area contributed by atoms with Gasteiger partial charge in [0.2, 0.25) is 0 Å². The number of esters is 1. The lowest BCUT2D eigenvalue weighted by Gasteiger charge is -2.18. The van der Waals surface area contributed by atoms with Gasteiger partial charge in [-0.15, -0.1) is 0 Å². The Morgan fingerprint density at radius 2 is 1.17 bits per heavy atom. The maximum Gasteiger partial charge on any atom is 0.306 e. The highest BCUT2D eigenvalue weighted by atomic mass is 16.5. The van der Waals surface area contributed by atoms with Gasteiger partial charge in [0.1, 0.15) is 6.10 Å². The standard InChI is InChI=1S/C31H52O4/c1-3-5-7-9-10-11-12-13-14-15-16-18-24-28-31(34)35-29(25-21-17-8-6-4-2)26-22-19-20-23-27-30(32)33/h5,7,10-11,13-14,16,18,29H,3-4,6,8-9,12,15,17,19-28H2,1-2H3,(H,32,33)/b7-5-,11-10-,14-13-,18-16-. The van der Waals surface area contributed by atoms with Crippen LogP contribution in [-0.4, -0.2) is 23.1 Å². The Balaban J connectivity index is 4.12. The molecule has 0 amide bonds. The Morgan fingerprint density at radius 1 is 0.657 bits per heavy atom. The van der Waals surface area contributed by atoms with Crippen molar-refractivity contribution in [1.29, 1.82) is 0 Å². The maximum absolute atomic E-state index is 12.4. The van der Waals surface area contributed by atoms with Gasteiger partial charge in [0.25, 0.3) is 0 Å². The molecule has 0 aliphatic rings. The molecular formula is C31H52O4. The van der Waals surface area contributed by atoms with Crippen LogP contribution >= 0.6 is 0 Å². The maximum atomic E-state index is 12.4. The number of hydrogen-bond donors (Lipinski definition) is 1. The average Bonchev–Trinajstić information content (AvgIpc) is 2.83. The quantitative estimate of drug-likeness (QED) is 0.0835. The van der Waals surface area contributed by atoms with Gasteiger partial charge in [-0.3, -0.25) is 9.59 Å². The van der Waals surface area contributed by atoms with Crippen molar-refractivity contribution < 1.29 is 19.4 Å². The Morgan fingerprint density at radius 3 is 1.71 bits per heavy atom. The zero-order valence-electron chi connectivity index (χ0n) is 22.6. The largest absolute Gasteiger partial charge is 0.481 e. The number of hydrogen-bond acceptors (Lipinski definition) is 3. The van der Waals surface area contributed by atoms with E-state index in [9.17, 15) is 9.59 Å². The van der Waals surface area contributed by atoms with E-state index in [1.54, 1.807) is 0 Å². The highest BCUT2D eigenvalue weighted by Crippen LogP contribution is 2.17. The van der Waals surface area contributed by atoms with Crippen LogP contribution in [0.3, 0.4) is 0 Å². The zero-order valence-corrected chi connectivity index (χ0v) is 22.6. The fourth-order valence-electron chi connectivity index (χ4n) is 3.78. The summed E-state index contributed by atoms with van der Waals surface area (Å²) in [6, 6.07) is 0. The summed E-state index contributed by atoms with van der Waals surface area (Å²) in [5.74, 6) is -0.825. The van der Waals surface area contributed by atoms with Crippen molar-refractivity contribution in [2.24, 2.45) is 0 Å². The molecule has 4 heteroatoms.